The van der Waals surface area contributed by atoms with E-state index in [4.69, 9.17) is 0 Å². The van der Waals surface area contributed by atoms with E-state index in [0.717, 1.165) is 19.4 Å². The van der Waals surface area contributed by atoms with Crippen molar-refractivity contribution >= 4 is 5.91 Å². The number of hydrogen-bond acceptors (Lipinski definition) is 1. The van der Waals surface area contributed by atoms with E-state index >= 15 is 0 Å². The first-order valence-corrected chi connectivity index (χ1v) is 6.40. The van der Waals surface area contributed by atoms with Crippen LogP contribution >= 0.6 is 0 Å². The number of hydrogen-bond donors (Lipinski definition) is 0. The number of carbonyl (C=O) groups is 1. The summed E-state index contributed by atoms with van der Waals surface area (Å²) < 4.78 is 0. The van der Waals surface area contributed by atoms with Crippen LogP contribution in [0.2, 0.25) is 0 Å². The van der Waals surface area contributed by atoms with Crippen molar-refractivity contribution < 1.29 is 4.79 Å². The quantitative estimate of drug-likeness (QED) is 0.670. The molecule has 2 heteroatoms. The Morgan fingerprint density at radius 1 is 1.25 bits per heavy atom. The fourth-order valence-electron chi connectivity index (χ4n) is 2.83. The van der Waals surface area contributed by atoms with E-state index in [1.807, 2.05) is 11.9 Å². The van der Waals surface area contributed by atoms with Crippen LogP contribution in [-0.2, 0) is 4.79 Å². The fourth-order valence-corrected chi connectivity index (χ4v) is 2.83. The molecule has 1 aliphatic heterocycles. The van der Waals surface area contributed by atoms with Gasteiger partial charge in [0.05, 0.1) is 0 Å². The van der Waals surface area contributed by atoms with Crippen LogP contribution in [0.3, 0.4) is 0 Å². The van der Waals surface area contributed by atoms with Gasteiger partial charge in [-0.15, -0.1) is 0 Å². The summed E-state index contributed by atoms with van der Waals surface area (Å²) in [6.45, 7) is 12.3. The molecule has 0 radical (unpaired) electrons. The van der Waals surface area contributed by atoms with Gasteiger partial charge in [0.25, 0.3) is 0 Å². The Morgan fingerprint density at radius 2 is 1.81 bits per heavy atom. The van der Waals surface area contributed by atoms with Gasteiger partial charge in [0.2, 0.25) is 5.91 Å². The molecule has 1 aliphatic rings. The summed E-state index contributed by atoms with van der Waals surface area (Å²) in [5.41, 5.74) is 0.489. The topological polar surface area (TPSA) is 20.3 Å². The van der Waals surface area contributed by atoms with Gasteiger partial charge in [0, 0.05) is 20.0 Å². The third kappa shape index (κ3) is 2.99. The third-order valence-electron chi connectivity index (χ3n) is 4.35. The third-order valence-corrected chi connectivity index (χ3v) is 4.35. The molecule has 0 aromatic heterocycles. The van der Waals surface area contributed by atoms with Crippen molar-refractivity contribution in [3.05, 3.63) is 0 Å². The highest BCUT2D eigenvalue weighted by molar-refractivity contribution is 5.76. The molecule has 1 unspecified atom stereocenters. The first kappa shape index (κ1) is 13.5. The van der Waals surface area contributed by atoms with Crippen molar-refractivity contribution in [3.8, 4) is 0 Å². The molecular weight excluding hydrogens is 198 g/mol. The Labute approximate surface area is 100 Å². The second-order valence-electron chi connectivity index (χ2n) is 6.89. The molecular formula is C14H27NO. The number of nitrogens with zero attached hydrogens (tertiary/aromatic N) is 1. The number of rotatable bonds is 1. The van der Waals surface area contributed by atoms with Crippen LogP contribution in [0.15, 0.2) is 0 Å². The summed E-state index contributed by atoms with van der Waals surface area (Å²) >= 11 is 0. The minimum atomic E-state index is 0.130. The zero-order chi connectivity index (χ0) is 12.6. The van der Waals surface area contributed by atoms with Crippen molar-refractivity contribution in [3.63, 3.8) is 0 Å². The number of carbonyl (C=O) groups excluding carboxylic acids is 1. The minimum Gasteiger partial charge on any atom is -0.346 e. The lowest BCUT2D eigenvalue weighted by Crippen LogP contribution is -2.41. The summed E-state index contributed by atoms with van der Waals surface area (Å²) in [5, 5.41) is 0. The number of amides is 1. The fraction of sp³-hybridized carbons (Fsp3) is 0.929. The molecule has 1 saturated heterocycles. The van der Waals surface area contributed by atoms with Gasteiger partial charge >= 0.3 is 0 Å². The lowest BCUT2D eigenvalue weighted by atomic mass is 9.64. The van der Waals surface area contributed by atoms with E-state index in [1.54, 1.807) is 0 Å². The summed E-state index contributed by atoms with van der Waals surface area (Å²) in [6, 6.07) is 0. The zero-order valence-corrected chi connectivity index (χ0v) is 11.8. The molecule has 0 aliphatic carbocycles. The first-order chi connectivity index (χ1) is 7.16. The van der Waals surface area contributed by atoms with Crippen molar-refractivity contribution in [1.29, 1.82) is 0 Å². The van der Waals surface area contributed by atoms with E-state index in [0.29, 0.717) is 23.7 Å². The molecule has 1 amide bonds. The van der Waals surface area contributed by atoms with Gasteiger partial charge in [0.15, 0.2) is 0 Å². The molecule has 1 fully saturated rings. The van der Waals surface area contributed by atoms with E-state index in [2.05, 4.69) is 34.6 Å². The van der Waals surface area contributed by atoms with Crippen LogP contribution in [0.5, 0.6) is 0 Å². The lowest BCUT2D eigenvalue weighted by Gasteiger charge is -2.44. The van der Waals surface area contributed by atoms with Crippen LogP contribution in [0.25, 0.3) is 0 Å². The van der Waals surface area contributed by atoms with Gasteiger partial charge in [-0.3, -0.25) is 4.79 Å². The van der Waals surface area contributed by atoms with Crippen LogP contribution in [0.1, 0.15) is 53.9 Å². The smallest absolute Gasteiger partial charge is 0.222 e. The highest BCUT2D eigenvalue weighted by atomic mass is 16.2. The molecule has 0 N–H and O–H groups in total. The van der Waals surface area contributed by atoms with Gasteiger partial charge in [-0.1, -0.05) is 34.6 Å². The Hall–Kier alpha value is -0.530. The van der Waals surface area contributed by atoms with E-state index < -0.39 is 0 Å². The minimum absolute atomic E-state index is 0.130. The predicted molar refractivity (Wildman–Crippen MR) is 68.2 cm³/mol. The summed E-state index contributed by atoms with van der Waals surface area (Å²) in [5.74, 6) is 0.976. The van der Waals surface area contributed by atoms with E-state index in [-0.39, 0.29) is 5.41 Å². The molecule has 1 atom stereocenters. The SMILES string of the molecule is CC(C)C1(C)CCN(C)C(=O)CC(C)(C)C1. The van der Waals surface area contributed by atoms with Crippen LogP contribution < -0.4 is 0 Å². The Bertz CT molecular complexity index is 270. The Morgan fingerprint density at radius 3 is 2.31 bits per heavy atom. The maximum absolute atomic E-state index is 11.9. The van der Waals surface area contributed by atoms with Crippen molar-refractivity contribution in [2.24, 2.45) is 16.7 Å². The number of likely N-dealkylation sites (tertiary alicyclic amines) is 1. The van der Waals surface area contributed by atoms with Crippen molar-refractivity contribution in [2.45, 2.75) is 53.9 Å². The predicted octanol–water partition coefficient (Wildman–Crippen LogP) is 3.32. The molecule has 0 bridgehead atoms. The zero-order valence-electron chi connectivity index (χ0n) is 11.8. The highest BCUT2D eigenvalue weighted by Gasteiger charge is 2.38. The molecule has 0 saturated carbocycles. The molecule has 0 spiro atoms. The molecule has 16 heavy (non-hydrogen) atoms. The molecule has 0 aromatic carbocycles. The van der Waals surface area contributed by atoms with Crippen molar-refractivity contribution in [2.75, 3.05) is 13.6 Å². The standard InChI is InChI=1S/C14H27NO/c1-11(2)14(5)7-8-15(6)12(16)9-13(3,4)10-14/h11H,7-10H2,1-6H3. The van der Waals surface area contributed by atoms with Crippen LogP contribution in [0, 0.1) is 16.7 Å². The Balaban J connectivity index is 2.91. The van der Waals surface area contributed by atoms with Gasteiger partial charge < -0.3 is 4.90 Å². The highest BCUT2D eigenvalue weighted by Crippen LogP contribution is 2.45. The maximum atomic E-state index is 11.9. The second kappa shape index (κ2) is 4.38. The average Bonchev–Trinajstić information content (AvgIpc) is 2.10. The van der Waals surface area contributed by atoms with Gasteiger partial charge in [-0.25, -0.2) is 0 Å². The normalized spacial score (nSPS) is 31.4. The van der Waals surface area contributed by atoms with Gasteiger partial charge in [0.1, 0.15) is 0 Å². The van der Waals surface area contributed by atoms with E-state index in [9.17, 15) is 4.79 Å². The maximum Gasteiger partial charge on any atom is 0.222 e. The first-order valence-electron chi connectivity index (χ1n) is 6.40. The monoisotopic (exact) mass is 225 g/mol. The molecule has 0 aromatic rings. The molecule has 2 nitrogen and oxygen atoms in total. The summed E-state index contributed by atoms with van der Waals surface area (Å²) in [6.07, 6.45) is 2.96. The van der Waals surface area contributed by atoms with Gasteiger partial charge in [-0.05, 0) is 29.6 Å². The van der Waals surface area contributed by atoms with E-state index in [1.165, 1.54) is 0 Å². The molecule has 1 rings (SSSR count). The largest absolute Gasteiger partial charge is 0.346 e. The van der Waals surface area contributed by atoms with Crippen LogP contribution in [0.4, 0.5) is 0 Å². The Kier molecular flexibility index (Phi) is 3.71. The van der Waals surface area contributed by atoms with Gasteiger partial charge in [-0.2, -0.15) is 0 Å². The molecule has 1 heterocycles. The second-order valence-corrected chi connectivity index (χ2v) is 6.89. The summed E-state index contributed by atoms with van der Waals surface area (Å²) in [4.78, 5) is 13.8. The molecule has 94 valence electrons. The summed E-state index contributed by atoms with van der Waals surface area (Å²) in [7, 11) is 1.94. The van der Waals surface area contributed by atoms with Crippen molar-refractivity contribution in [1.82, 2.24) is 4.90 Å². The average molecular weight is 225 g/mol. The van der Waals surface area contributed by atoms with Crippen LogP contribution in [-0.4, -0.2) is 24.4 Å². The lowest BCUT2D eigenvalue weighted by molar-refractivity contribution is -0.134.